The van der Waals surface area contributed by atoms with E-state index in [1.165, 1.54) is 0 Å². The van der Waals surface area contributed by atoms with Gasteiger partial charge >= 0.3 is 5.97 Å². The first kappa shape index (κ1) is 17.9. The van der Waals surface area contributed by atoms with Gasteiger partial charge in [0.2, 0.25) is 0 Å². The van der Waals surface area contributed by atoms with E-state index < -0.39 is 5.97 Å². The monoisotopic (exact) mass is 349 g/mol. The highest BCUT2D eigenvalue weighted by atomic mass is 16.5. The van der Waals surface area contributed by atoms with E-state index in [-0.39, 0.29) is 5.56 Å². The van der Waals surface area contributed by atoms with Crippen molar-refractivity contribution in [3.8, 4) is 17.0 Å². The molecule has 1 N–H and O–H groups in total. The molecule has 0 aliphatic heterocycles. The zero-order valence-electron chi connectivity index (χ0n) is 15.5. The maximum absolute atomic E-state index is 11.8. The highest BCUT2D eigenvalue weighted by Crippen LogP contribution is 2.29. The molecule has 0 saturated heterocycles. The second-order valence-electron chi connectivity index (χ2n) is 7.07. The van der Waals surface area contributed by atoms with Crippen molar-refractivity contribution in [3.63, 3.8) is 0 Å². The largest absolute Gasteiger partial charge is 0.493 e. The number of nitrogens with zero attached hydrogens (tertiary/aromatic N) is 1. The average Bonchev–Trinajstić information content (AvgIpc) is 2.59. The predicted molar refractivity (Wildman–Crippen MR) is 104 cm³/mol. The molecule has 0 saturated carbocycles. The molecule has 3 aromatic rings. The normalized spacial score (nSPS) is 11.1. The molecule has 0 radical (unpaired) electrons. The van der Waals surface area contributed by atoms with Crippen LogP contribution in [0.15, 0.2) is 42.5 Å². The molecule has 3 rings (SSSR count). The van der Waals surface area contributed by atoms with Gasteiger partial charge in [0.1, 0.15) is 5.75 Å². The summed E-state index contributed by atoms with van der Waals surface area (Å²) in [6, 6.07) is 13.2. The van der Waals surface area contributed by atoms with E-state index in [9.17, 15) is 9.90 Å². The SMILES string of the molecule is Cc1cc(C)c2nc(-c3ccc(OCC(C)C)cc3)cc(C(=O)O)c2c1. The maximum Gasteiger partial charge on any atom is 0.336 e. The van der Waals surface area contributed by atoms with Gasteiger partial charge in [0.05, 0.1) is 23.4 Å². The maximum atomic E-state index is 11.8. The summed E-state index contributed by atoms with van der Waals surface area (Å²) in [4.78, 5) is 16.5. The number of aryl methyl sites for hydroxylation is 2. The zero-order valence-corrected chi connectivity index (χ0v) is 15.5. The number of carboxylic acid groups (broad SMARTS) is 1. The summed E-state index contributed by atoms with van der Waals surface area (Å²) in [5.41, 5.74) is 4.52. The molecule has 0 aliphatic rings. The Bertz CT molecular complexity index is 959. The number of rotatable bonds is 5. The summed E-state index contributed by atoms with van der Waals surface area (Å²) >= 11 is 0. The summed E-state index contributed by atoms with van der Waals surface area (Å²) in [5.74, 6) is 0.315. The minimum absolute atomic E-state index is 0.275. The Morgan fingerprint density at radius 3 is 2.42 bits per heavy atom. The van der Waals surface area contributed by atoms with Crippen molar-refractivity contribution in [2.45, 2.75) is 27.7 Å². The number of hydrogen-bond acceptors (Lipinski definition) is 3. The van der Waals surface area contributed by atoms with Crippen molar-refractivity contribution in [2.24, 2.45) is 5.92 Å². The minimum atomic E-state index is -0.944. The second kappa shape index (κ2) is 7.16. The highest BCUT2D eigenvalue weighted by Gasteiger charge is 2.15. The molecular formula is C22H23NO3. The number of carboxylic acids is 1. The molecule has 0 aliphatic carbocycles. The summed E-state index contributed by atoms with van der Waals surface area (Å²) < 4.78 is 5.71. The first-order chi connectivity index (χ1) is 12.3. The van der Waals surface area contributed by atoms with Gasteiger partial charge in [0.25, 0.3) is 0 Å². The number of carbonyl (C=O) groups is 1. The summed E-state index contributed by atoms with van der Waals surface area (Å²) in [6.45, 7) is 8.79. The first-order valence-electron chi connectivity index (χ1n) is 8.73. The van der Waals surface area contributed by atoms with Gasteiger partial charge in [-0.2, -0.15) is 0 Å². The number of hydrogen-bond donors (Lipinski definition) is 1. The van der Waals surface area contributed by atoms with Crippen molar-refractivity contribution in [3.05, 3.63) is 59.2 Å². The van der Waals surface area contributed by atoms with Gasteiger partial charge in [-0.3, -0.25) is 0 Å². The van der Waals surface area contributed by atoms with Gasteiger partial charge in [-0.15, -0.1) is 0 Å². The number of aromatic nitrogens is 1. The number of ether oxygens (including phenoxy) is 1. The molecule has 0 atom stereocenters. The third-order valence-electron chi connectivity index (χ3n) is 4.21. The lowest BCUT2D eigenvalue weighted by atomic mass is 10.00. The number of aromatic carboxylic acids is 1. The molecular weight excluding hydrogens is 326 g/mol. The van der Waals surface area contributed by atoms with E-state index in [0.717, 1.165) is 28.0 Å². The van der Waals surface area contributed by atoms with Gasteiger partial charge in [-0.1, -0.05) is 25.5 Å². The Labute approximate surface area is 153 Å². The molecule has 4 nitrogen and oxygen atoms in total. The van der Waals surface area contributed by atoms with Crippen LogP contribution in [0.2, 0.25) is 0 Å². The van der Waals surface area contributed by atoms with Crippen molar-refractivity contribution < 1.29 is 14.6 Å². The molecule has 4 heteroatoms. The van der Waals surface area contributed by atoms with Crippen LogP contribution in [0.25, 0.3) is 22.2 Å². The van der Waals surface area contributed by atoms with Crippen LogP contribution in [0.4, 0.5) is 0 Å². The van der Waals surface area contributed by atoms with E-state index in [4.69, 9.17) is 9.72 Å². The molecule has 0 spiro atoms. The first-order valence-corrected chi connectivity index (χ1v) is 8.73. The molecule has 1 heterocycles. The molecule has 0 fully saturated rings. The van der Waals surface area contributed by atoms with Crippen molar-refractivity contribution in [1.82, 2.24) is 4.98 Å². The minimum Gasteiger partial charge on any atom is -0.493 e. The molecule has 1 aromatic heterocycles. The van der Waals surface area contributed by atoms with Crippen molar-refractivity contribution in [1.29, 1.82) is 0 Å². The van der Waals surface area contributed by atoms with E-state index in [0.29, 0.717) is 23.6 Å². The van der Waals surface area contributed by atoms with Gasteiger partial charge in [-0.25, -0.2) is 9.78 Å². The van der Waals surface area contributed by atoms with Gasteiger partial charge in [0, 0.05) is 10.9 Å². The van der Waals surface area contributed by atoms with E-state index >= 15 is 0 Å². The molecule has 0 unspecified atom stereocenters. The fraction of sp³-hybridized carbons (Fsp3) is 0.273. The second-order valence-corrected chi connectivity index (χ2v) is 7.07. The lowest BCUT2D eigenvalue weighted by molar-refractivity contribution is 0.0699. The summed E-state index contributed by atoms with van der Waals surface area (Å²) in [6.07, 6.45) is 0. The Morgan fingerprint density at radius 2 is 1.81 bits per heavy atom. The van der Waals surface area contributed by atoms with Crippen LogP contribution in [-0.4, -0.2) is 22.7 Å². The highest BCUT2D eigenvalue weighted by molar-refractivity contribution is 6.04. The van der Waals surface area contributed by atoms with Crippen LogP contribution in [0, 0.1) is 19.8 Å². The Kier molecular flexibility index (Phi) is 4.94. The van der Waals surface area contributed by atoms with E-state index in [2.05, 4.69) is 13.8 Å². The number of fused-ring (bicyclic) bond motifs is 1. The topological polar surface area (TPSA) is 59.4 Å². The fourth-order valence-electron chi connectivity index (χ4n) is 2.99. The van der Waals surface area contributed by atoms with Crippen LogP contribution >= 0.6 is 0 Å². The predicted octanol–water partition coefficient (Wildman–Crippen LogP) is 5.25. The molecule has 134 valence electrons. The molecule has 2 aromatic carbocycles. The van der Waals surface area contributed by atoms with Crippen molar-refractivity contribution in [2.75, 3.05) is 6.61 Å². The Balaban J connectivity index is 2.06. The number of pyridine rings is 1. The average molecular weight is 349 g/mol. The number of benzene rings is 2. The van der Waals surface area contributed by atoms with E-state index in [1.807, 2.05) is 50.2 Å². The van der Waals surface area contributed by atoms with Gasteiger partial charge in [-0.05, 0) is 61.7 Å². The van der Waals surface area contributed by atoms with E-state index in [1.54, 1.807) is 6.07 Å². The third-order valence-corrected chi connectivity index (χ3v) is 4.21. The fourth-order valence-corrected chi connectivity index (χ4v) is 2.99. The lowest BCUT2D eigenvalue weighted by Gasteiger charge is -2.11. The van der Waals surface area contributed by atoms with Crippen molar-refractivity contribution >= 4 is 16.9 Å². The van der Waals surface area contributed by atoms with Gasteiger partial charge < -0.3 is 9.84 Å². The quantitative estimate of drug-likeness (QED) is 0.683. The summed E-state index contributed by atoms with van der Waals surface area (Å²) in [5, 5.41) is 10.3. The van der Waals surface area contributed by atoms with Crippen LogP contribution in [-0.2, 0) is 0 Å². The van der Waals surface area contributed by atoms with Crippen LogP contribution in [0.1, 0.15) is 35.3 Å². The van der Waals surface area contributed by atoms with Crippen LogP contribution in [0.5, 0.6) is 5.75 Å². The van der Waals surface area contributed by atoms with Crippen LogP contribution in [0.3, 0.4) is 0 Å². The van der Waals surface area contributed by atoms with Gasteiger partial charge in [0.15, 0.2) is 0 Å². The lowest BCUT2D eigenvalue weighted by Crippen LogP contribution is -2.04. The standard InChI is InChI=1S/C22H23NO3/c1-13(2)12-26-17-7-5-16(6-8-17)20-11-19(22(24)25)18-10-14(3)9-15(4)21(18)23-20/h5-11,13H,12H2,1-4H3,(H,24,25). The molecule has 0 amide bonds. The van der Waals surface area contributed by atoms with Crippen LogP contribution < -0.4 is 4.74 Å². The Hall–Kier alpha value is -2.88. The Morgan fingerprint density at radius 1 is 1.12 bits per heavy atom. The smallest absolute Gasteiger partial charge is 0.336 e. The third kappa shape index (κ3) is 3.69. The summed E-state index contributed by atoms with van der Waals surface area (Å²) in [7, 11) is 0. The zero-order chi connectivity index (χ0) is 18.8. The molecule has 26 heavy (non-hydrogen) atoms. The molecule has 0 bridgehead atoms.